The van der Waals surface area contributed by atoms with E-state index in [9.17, 15) is 0 Å². The number of rotatable bonds is 4. The zero-order valence-corrected chi connectivity index (χ0v) is 9.37. The van der Waals surface area contributed by atoms with Crippen LogP contribution in [-0.4, -0.2) is 22.9 Å². The summed E-state index contributed by atoms with van der Waals surface area (Å²) in [6.07, 6.45) is 1.89. The van der Waals surface area contributed by atoms with Crippen LogP contribution in [0.15, 0.2) is 0 Å². The lowest BCUT2D eigenvalue weighted by Crippen LogP contribution is -2.15. The number of nitrogens with two attached hydrogens (primary N) is 1. The van der Waals surface area contributed by atoms with Crippen LogP contribution in [0.5, 0.6) is 5.88 Å². The van der Waals surface area contributed by atoms with Gasteiger partial charge < -0.3 is 10.5 Å². The van der Waals surface area contributed by atoms with Gasteiger partial charge in [-0.25, -0.2) is 4.68 Å². The summed E-state index contributed by atoms with van der Waals surface area (Å²) in [6, 6.07) is 0.222. The highest BCUT2D eigenvalue weighted by Gasteiger charge is 2.13. The van der Waals surface area contributed by atoms with Crippen molar-refractivity contribution in [1.82, 2.24) is 9.78 Å². The molecule has 14 heavy (non-hydrogen) atoms. The van der Waals surface area contributed by atoms with Crippen LogP contribution in [0, 0.1) is 6.92 Å². The molecule has 0 unspecified atom stereocenters. The molecule has 4 nitrogen and oxygen atoms in total. The normalized spacial score (nSPS) is 12.9. The maximum Gasteiger partial charge on any atom is 0.214 e. The van der Waals surface area contributed by atoms with E-state index >= 15 is 0 Å². The summed E-state index contributed by atoms with van der Waals surface area (Å²) >= 11 is 0. The molecule has 80 valence electrons. The van der Waals surface area contributed by atoms with Gasteiger partial charge in [0.2, 0.25) is 5.88 Å². The van der Waals surface area contributed by atoms with Gasteiger partial charge in [-0.05, 0) is 26.7 Å². The van der Waals surface area contributed by atoms with Gasteiger partial charge in [0, 0.05) is 18.7 Å². The molecule has 0 saturated heterocycles. The molecule has 0 aromatic carbocycles. The van der Waals surface area contributed by atoms with Crippen molar-refractivity contribution in [3.05, 3.63) is 11.3 Å². The van der Waals surface area contributed by atoms with Crippen LogP contribution >= 0.6 is 0 Å². The second-order valence-electron chi connectivity index (χ2n) is 3.71. The molecule has 1 atom stereocenters. The Hall–Kier alpha value is -1.03. The van der Waals surface area contributed by atoms with Gasteiger partial charge in [0.1, 0.15) is 0 Å². The minimum Gasteiger partial charge on any atom is -0.481 e. The fraction of sp³-hybridized carbons (Fsp3) is 0.700. The Bertz CT molecular complexity index is 305. The molecule has 0 fully saturated rings. The maximum absolute atomic E-state index is 5.72. The number of methoxy groups -OCH3 is 1. The first-order chi connectivity index (χ1) is 6.56. The van der Waals surface area contributed by atoms with E-state index in [1.165, 1.54) is 5.56 Å². The van der Waals surface area contributed by atoms with Gasteiger partial charge in [-0.3, -0.25) is 0 Å². The third-order valence-electron chi connectivity index (χ3n) is 2.33. The summed E-state index contributed by atoms with van der Waals surface area (Å²) in [5.41, 5.74) is 7.93. The third-order valence-corrected chi connectivity index (χ3v) is 2.33. The lowest BCUT2D eigenvalue weighted by Gasteiger charge is -2.06. The fourth-order valence-corrected chi connectivity index (χ4v) is 1.60. The van der Waals surface area contributed by atoms with E-state index in [4.69, 9.17) is 10.5 Å². The Kier molecular flexibility index (Phi) is 3.52. The van der Waals surface area contributed by atoms with E-state index in [-0.39, 0.29) is 6.04 Å². The Morgan fingerprint density at radius 2 is 2.21 bits per heavy atom. The smallest absolute Gasteiger partial charge is 0.214 e. The lowest BCUT2D eigenvalue weighted by atomic mass is 10.1. The molecule has 0 amide bonds. The molecule has 0 aliphatic carbocycles. The highest BCUT2D eigenvalue weighted by molar-refractivity contribution is 5.31. The number of aromatic nitrogens is 2. The van der Waals surface area contributed by atoms with E-state index in [1.807, 2.05) is 20.9 Å². The van der Waals surface area contributed by atoms with Crippen LogP contribution in [0.2, 0.25) is 0 Å². The number of ether oxygens (including phenoxy) is 1. The average Bonchev–Trinajstić information content (AvgIpc) is 2.36. The Morgan fingerprint density at radius 3 is 2.71 bits per heavy atom. The van der Waals surface area contributed by atoms with Crippen molar-refractivity contribution in [2.75, 3.05) is 7.11 Å². The Labute approximate surface area is 85.0 Å². The molecule has 2 N–H and O–H groups in total. The summed E-state index contributed by atoms with van der Waals surface area (Å²) in [4.78, 5) is 0. The monoisotopic (exact) mass is 197 g/mol. The summed E-state index contributed by atoms with van der Waals surface area (Å²) in [5, 5.41) is 4.31. The third kappa shape index (κ3) is 2.26. The highest BCUT2D eigenvalue weighted by Crippen LogP contribution is 2.22. The quantitative estimate of drug-likeness (QED) is 0.784. The van der Waals surface area contributed by atoms with Crippen molar-refractivity contribution in [1.29, 1.82) is 0 Å². The highest BCUT2D eigenvalue weighted by atomic mass is 16.5. The molecule has 0 saturated carbocycles. The molecule has 1 aromatic rings. The van der Waals surface area contributed by atoms with Crippen LogP contribution in [-0.2, 0) is 13.5 Å². The molecule has 4 heteroatoms. The summed E-state index contributed by atoms with van der Waals surface area (Å²) in [6.45, 7) is 4.01. The summed E-state index contributed by atoms with van der Waals surface area (Å²) in [5.74, 6) is 0.850. The van der Waals surface area contributed by atoms with E-state index in [1.54, 1.807) is 11.8 Å². The zero-order chi connectivity index (χ0) is 10.7. The van der Waals surface area contributed by atoms with Crippen molar-refractivity contribution >= 4 is 0 Å². The van der Waals surface area contributed by atoms with E-state index < -0.39 is 0 Å². The van der Waals surface area contributed by atoms with E-state index in [0.29, 0.717) is 0 Å². The SMILES string of the molecule is COc1c(CC[C@@H](C)N)c(C)nn1C. The molecule has 0 radical (unpaired) electrons. The van der Waals surface area contributed by atoms with Crippen molar-refractivity contribution in [2.24, 2.45) is 12.8 Å². The number of hydrogen-bond donors (Lipinski definition) is 1. The lowest BCUT2D eigenvalue weighted by molar-refractivity contribution is 0.368. The second-order valence-corrected chi connectivity index (χ2v) is 3.71. The largest absolute Gasteiger partial charge is 0.481 e. The molecule has 1 aromatic heterocycles. The molecule has 1 rings (SSSR count). The van der Waals surface area contributed by atoms with Crippen LogP contribution in [0.25, 0.3) is 0 Å². The topological polar surface area (TPSA) is 53.1 Å². The molecule has 0 aliphatic heterocycles. The van der Waals surface area contributed by atoms with Crippen LogP contribution in [0.1, 0.15) is 24.6 Å². The predicted molar refractivity (Wildman–Crippen MR) is 56.5 cm³/mol. The van der Waals surface area contributed by atoms with Gasteiger partial charge in [-0.2, -0.15) is 5.10 Å². The first-order valence-corrected chi connectivity index (χ1v) is 4.88. The van der Waals surface area contributed by atoms with Crippen LogP contribution in [0.4, 0.5) is 0 Å². The summed E-state index contributed by atoms with van der Waals surface area (Å²) in [7, 11) is 3.56. The van der Waals surface area contributed by atoms with Gasteiger partial charge >= 0.3 is 0 Å². The first-order valence-electron chi connectivity index (χ1n) is 4.88. The standard InChI is InChI=1S/C10H19N3O/c1-7(11)5-6-9-8(2)12-13(3)10(9)14-4/h7H,5-6,11H2,1-4H3/t7-/m1/s1. The van der Waals surface area contributed by atoms with Crippen molar-refractivity contribution < 1.29 is 4.74 Å². The van der Waals surface area contributed by atoms with E-state index in [2.05, 4.69) is 5.10 Å². The van der Waals surface area contributed by atoms with E-state index in [0.717, 1.165) is 24.4 Å². The minimum atomic E-state index is 0.222. The van der Waals surface area contributed by atoms with Gasteiger partial charge in [-0.1, -0.05) is 0 Å². The molecule has 0 bridgehead atoms. The molecular formula is C10H19N3O. The molecule has 0 spiro atoms. The molecular weight excluding hydrogens is 178 g/mol. The van der Waals surface area contributed by atoms with Gasteiger partial charge in [-0.15, -0.1) is 0 Å². The zero-order valence-electron chi connectivity index (χ0n) is 9.37. The maximum atomic E-state index is 5.72. The second kappa shape index (κ2) is 4.46. The molecule has 0 aliphatic rings. The van der Waals surface area contributed by atoms with Gasteiger partial charge in [0.25, 0.3) is 0 Å². The Balaban J connectivity index is 2.83. The van der Waals surface area contributed by atoms with Crippen molar-refractivity contribution in [3.8, 4) is 5.88 Å². The fourth-order valence-electron chi connectivity index (χ4n) is 1.60. The van der Waals surface area contributed by atoms with Crippen LogP contribution < -0.4 is 10.5 Å². The molecule has 1 heterocycles. The van der Waals surface area contributed by atoms with Gasteiger partial charge in [0.05, 0.1) is 12.8 Å². The predicted octanol–water partition coefficient (Wildman–Crippen LogP) is 1.02. The number of nitrogens with zero attached hydrogens (tertiary/aromatic N) is 2. The number of aryl methyl sites for hydroxylation is 2. The number of hydrogen-bond acceptors (Lipinski definition) is 3. The average molecular weight is 197 g/mol. The van der Waals surface area contributed by atoms with Crippen LogP contribution in [0.3, 0.4) is 0 Å². The first kappa shape index (κ1) is 11.0. The summed E-state index contributed by atoms with van der Waals surface area (Å²) < 4.78 is 7.06. The van der Waals surface area contributed by atoms with Crippen molar-refractivity contribution in [3.63, 3.8) is 0 Å². The van der Waals surface area contributed by atoms with Gasteiger partial charge in [0.15, 0.2) is 0 Å². The minimum absolute atomic E-state index is 0.222. The van der Waals surface area contributed by atoms with Crippen molar-refractivity contribution in [2.45, 2.75) is 32.7 Å². The Morgan fingerprint density at radius 1 is 1.57 bits per heavy atom.